The highest BCUT2D eigenvalue weighted by molar-refractivity contribution is 5.89. The van der Waals surface area contributed by atoms with Gasteiger partial charge in [0, 0.05) is 31.1 Å². The SMILES string of the molecule is CCOc1ccc(F)c(-c2cc(C)nc(C=NC3CCN(C)C3=O)c2C)c1. The van der Waals surface area contributed by atoms with Crippen LogP contribution in [-0.4, -0.2) is 48.2 Å². The van der Waals surface area contributed by atoms with E-state index in [0.29, 0.717) is 36.6 Å². The lowest BCUT2D eigenvalue weighted by Gasteiger charge is -2.13. The molecule has 1 aliphatic heterocycles. The van der Waals surface area contributed by atoms with Gasteiger partial charge in [-0.3, -0.25) is 14.8 Å². The van der Waals surface area contributed by atoms with Crippen LogP contribution in [0.15, 0.2) is 29.3 Å². The number of benzene rings is 1. The van der Waals surface area contributed by atoms with Gasteiger partial charge in [0.15, 0.2) is 0 Å². The fourth-order valence-electron chi connectivity index (χ4n) is 3.24. The van der Waals surface area contributed by atoms with Crippen LogP contribution in [0.5, 0.6) is 5.75 Å². The van der Waals surface area contributed by atoms with E-state index >= 15 is 0 Å². The first-order chi connectivity index (χ1) is 12.9. The molecule has 1 fully saturated rings. The third kappa shape index (κ3) is 3.99. The first-order valence-electron chi connectivity index (χ1n) is 9.09. The number of likely N-dealkylation sites (N-methyl/N-ethyl adjacent to an activating group) is 1. The third-order valence-electron chi connectivity index (χ3n) is 4.75. The Kier molecular flexibility index (Phi) is 5.54. The number of pyridine rings is 1. The van der Waals surface area contributed by atoms with E-state index in [4.69, 9.17) is 4.74 Å². The molecule has 1 aromatic carbocycles. The Hall–Kier alpha value is -2.76. The summed E-state index contributed by atoms with van der Waals surface area (Å²) in [7, 11) is 1.78. The van der Waals surface area contributed by atoms with Crippen molar-refractivity contribution in [1.82, 2.24) is 9.88 Å². The van der Waals surface area contributed by atoms with E-state index in [2.05, 4.69) is 9.98 Å². The molecule has 1 atom stereocenters. The van der Waals surface area contributed by atoms with Crippen molar-refractivity contribution in [2.75, 3.05) is 20.2 Å². The Morgan fingerprint density at radius 3 is 2.78 bits per heavy atom. The number of hydrogen-bond acceptors (Lipinski definition) is 4. The van der Waals surface area contributed by atoms with Crippen LogP contribution in [0.25, 0.3) is 11.1 Å². The summed E-state index contributed by atoms with van der Waals surface area (Å²) in [6, 6.07) is 6.23. The van der Waals surface area contributed by atoms with E-state index in [-0.39, 0.29) is 17.8 Å². The van der Waals surface area contributed by atoms with Crippen molar-refractivity contribution in [3.05, 3.63) is 47.0 Å². The zero-order valence-corrected chi connectivity index (χ0v) is 16.1. The average molecular weight is 369 g/mol. The molecule has 0 bridgehead atoms. The van der Waals surface area contributed by atoms with Gasteiger partial charge in [0.2, 0.25) is 5.91 Å². The molecule has 5 nitrogen and oxygen atoms in total. The summed E-state index contributed by atoms with van der Waals surface area (Å²) >= 11 is 0. The van der Waals surface area contributed by atoms with E-state index in [9.17, 15) is 9.18 Å². The number of hydrogen-bond donors (Lipinski definition) is 0. The predicted octanol–water partition coefficient (Wildman–Crippen LogP) is 3.55. The Balaban J connectivity index is 1.99. The minimum atomic E-state index is -0.363. The van der Waals surface area contributed by atoms with E-state index in [1.165, 1.54) is 6.07 Å². The minimum absolute atomic E-state index is 0.0206. The second-order valence-electron chi connectivity index (χ2n) is 6.74. The number of amides is 1. The summed E-state index contributed by atoms with van der Waals surface area (Å²) in [6.07, 6.45) is 2.34. The molecule has 0 radical (unpaired) electrons. The normalized spacial score (nSPS) is 17.1. The number of carbonyl (C=O) groups is 1. The second kappa shape index (κ2) is 7.86. The van der Waals surface area contributed by atoms with Crippen molar-refractivity contribution in [3.63, 3.8) is 0 Å². The van der Waals surface area contributed by atoms with Gasteiger partial charge in [-0.25, -0.2) is 4.39 Å². The molecule has 3 rings (SSSR count). The average Bonchev–Trinajstić information content (AvgIpc) is 2.96. The fourth-order valence-corrected chi connectivity index (χ4v) is 3.24. The first kappa shape index (κ1) is 19.0. The highest BCUT2D eigenvalue weighted by atomic mass is 19.1. The van der Waals surface area contributed by atoms with Crippen molar-refractivity contribution in [2.45, 2.75) is 33.2 Å². The predicted molar refractivity (Wildman–Crippen MR) is 104 cm³/mol. The molecule has 142 valence electrons. The molecule has 6 heteroatoms. The second-order valence-corrected chi connectivity index (χ2v) is 6.74. The molecule has 0 N–H and O–H groups in total. The van der Waals surface area contributed by atoms with Crippen LogP contribution in [-0.2, 0) is 4.79 Å². The van der Waals surface area contributed by atoms with Gasteiger partial charge >= 0.3 is 0 Å². The molecule has 0 saturated carbocycles. The number of rotatable bonds is 5. The highest BCUT2D eigenvalue weighted by Crippen LogP contribution is 2.31. The zero-order valence-electron chi connectivity index (χ0n) is 16.1. The van der Waals surface area contributed by atoms with Crippen LogP contribution in [0, 0.1) is 19.7 Å². The van der Waals surface area contributed by atoms with Crippen LogP contribution < -0.4 is 4.74 Å². The minimum Gasteiger partial charge on any atom is -0.494 e. The van der Waals surface area contributed by atoms with E-state index < -0.39 is 0 Å². The topological polar surface area (TPSA) is 54.8 Å². The fraction of sp³-hybridized carbons (Fsp3) is 0.381. The van der Waals surface area contributed by atoms with Crippen molar-refractivity contribution < 1.29 is 13.9 Å². The number of carbonyl (C=O) groups excluding carboxylic acids is 1. The van der Waals surface area contributed by atoms with Gasteiger partial charge in [0.05, 0.1) is 12.3 Å². The lowest BCUT2D eigenvalue weighted by molar-refractivity contribution is -0.127. The van der Waals surface area contributed by atoms with Gasteiger partial charge < -0.3 is 9.64 Å². The van der Waals surface area contributed by atoms with Crippen LogP contribution in [0.1, 0.15) is 30.3 Å². The number of aromatic nitrogens is 1. The molecule has 2 aromatic rings. The number of nitrogens with zero attached hydrogens (tertiary/aromatic N) is 3. The van der Waals surface area contributed by atoms with Crippen LogP contribution in [0.4, 0.5) is 4.39 Å². The van der Waals surface area contributed by atoms with E-state index in [0.717, 1.165) is 16.8 Å². The summed E-state index contributed by atoms with van der Waals surface area (Å²) in [5, 5.41) is 0. The molecular formula is C21H24FN3O2. The van der Waals surface area contributed by atoms with Crippen molar-refractivity contribution in [2.24, 2.45) is 4.99 Å². The van der Waals surface area contributed by atoms with Crippen molar-refractivity contribution in [3.8, 4) is 16.9 Å². The maximum absolute atomic E-state index is 14.5. The lowest BCUT2D eigenvalue weighted by atomic mass is 9.98. The maximum Gasteiger partial charge on any atom is 0.247 e. The largest absolute Gasteiger partial charge is 0.494 e. The quantitative estimate of drug-likeness (QED) is 0.758. The third-order valence-corrected chi connectivity index (χ3v) is 4.75. The van der Waals surface area contributed by atoms with E-state index in [1.807, 2.05) is 26.8 Å². The summed E-state index contributed by atoms with van der Waals surface area (Å²) in [5.41, 5.74) is 3.44. The highest BCUT2D eigenvalue weighted by Gasteiger charge is 2.28. The molecule has 1 saturated heterocycles. The number of ether oxygens (including phenoxy) is 1. The number of aliphatic imine (C=N–C) groups is 1. The Bertz CT molecular complexity index is 895. The van der Waals surface area contributed by atoms with Crippen LogP contribution >= 0.6 is 0 Å². The van der Waals surface area contributed by atoms with Crippen LogP contribution in [0.2, 0.25) is 0 Å². The Labute approximate surface area is 158 Å². The molecule has 1 aliphatic rings. The maximum atomic E-state index is 14.5. The van der Waals surface area contributed by atoms with Crippen molar-refractivity contribution >= 4 is 12.1 Å². The smallest absolute Gasteiger partial charge is 0.247 e. The van der Waals surface area contributed by atoms with Gasteiger partial charge in [-0.05, 0) is 62.6 Å². The summed E-state index contributed by atoms with van der Waals surface area (Å²) in [5.74, 6) is 0.326. The Morgan fingerprint density at radius 2 is 2.11 bits per heavy atom. The number of likely N-dealkylation sites (tertiary alicyclic amines) is 1. The lowest BCUT2D eigenvalue weighted by Crippen LogP contribution is -2.24. The molecule has 0 aliphatic carbocycles. The molecule has 2 heterocycles. The van der Waals surface area contributed by atoms with E-state index in [1.54, 1.807) is 30.3 Å². The number of halogens is 1. The first-order valence-corrected chi connectivity index (χ1v) is 9.09. The zero-order chi connectivity index (χ0) is 19.6. The summed E-state index contributed by atoms with van der Waals surface area (Å²) in [4.78, 5) is 22.7. The molecule has 1 unspecified atom stereocenters. The van der Waals surface area contributed by atoms with Crippen LogP contribution in [0.3, 0.4) is 0 Å². The van der Waals surface area contributed by atoms with Gasteiger partial charge in [-0.2, -0.15) is 0 Å². The molecule has 1 aromatic heterocycles. The molecular weight excluding hydrogens is 345 g/mol. The molecule has 1 amide bonds. The molecule has 27 heavy (non-hydrogen) atoms. The van der Waals surface area contributed by atoms with Gasteiger partial charge in [-0.1, -0.05) is 0 Å². The molecule has 0 spiro atoms. The monoisotopic (exact) mass is 369 g/mol. The van der Waals surface area contributed by atoms with Crippen molar-refractivity contribution in [1.29, 1.82) is 0 Å². The van der Waals surface area contributed by atoms with Gasteiger partial charge in [0.1, 0.15) is 17.6 Å². The van der Waals surface area contributed by atoms with Gasteiger partial charge in [-0.15, -0.1) is 0 Å². The Morgan fingerprint density at radius 1 is 1.33 bits per heavy atom. The summed E-state index contributed by atoms with van der Waals surface area (Å²) in [6.45, 7) is 6.86. The standard InChI is InChI=1S/C21H24FN3O2/c1-5-27-15-6-7-18(22)17(11-15)16-10-13(2)24-20(14(16)3)12-23-19-8-9-25(4)21(19)26/h6-7,10-12,19H,5,8-9H2,1-4H3. The summed E-state index contributed by atoms with van der Waals surface area (Å²) < 4.78 is 20.0. The van der Waals surface area contributed by atoms with Gasteiger partial charge in [0.25, 0.3) is 0 Å². The number of aryl methyl sites for hydroxylation is 1.